The summed E-state index contributed by atoms with van der Waals surface area (Å²) < 4.78 is 0. The van der Waals surface area contributed by atoms with Gasteiger partial charge in [0.05, 0.1) is 17.3 Å². The lowest BCUT2D eigenvalue weighted by Crippen LogP contribution is -2.26. The molecule has 1 amide bonds. The maximum absolute atomic E-state index is 12.1. The van der Waals surface area contributed by atoms with Crippen LogP contribution in [-0.4, -0.2) is 34.4 Å². The van der Waals surface area contributed by atoms with E-state index in [4.69, 9.17) is 5.26 Å². The van der Waals surface area contributed by atoms with Crippen LogP contribution >= 0.6 is 0 Å². The SMILES string of the molecule is CN1C(=O)C[C@@H](CNc2ccncc2C#N)[C@@H]1c1cccnc1. The van der Waals surface area contributed by atoms with Gasteiger partial charge in [0.2, 0.25) is 5.91 Å². The number of nitriles is 1. The predicted molar refractivity (Wildman–Crippen MR) is 85.3 cm³/mol. The van der Waals surface area contributed by atoms with Crippen LogP contribution in [0.2, 0.25) is 0 Å². The number of carbonyl (C=O) groups is 1. The second-order valence-corrected chi connectivity index (χ2v) is 5.61. The van der Waals surface area contributed by atoms with Crippen LogP contribution in [0, 0.1) is 17.2 Å². The van der Waals surface area contributed by atoms with E-state index in [1.807, 2.05) is 19.2 Å². The molecule has 0 spiro atoms. The molecular formula is C17H17N5O. The molecule has 116 valence electrons. The molecule has 0 unspecified atom stereocenters. The average molecular weight is 307 g/mol. The number of likely N-dealkylation sites (tertiary alicyclic amines) is 1. The zero-order valence-corrected chi connectivity index (χ0v) is 12.8. The topological polar surface area (TPSA) is 81.9 Å². The normalized spacial score (nSPS) is 20.3. The highest BCUT2D eigenvalue weighted by molar-refractivity contribution is 5.79. The summed E-state index contributed by atoms with van der Waals surface area (Å²) in [5.41, 5.74) is 2.28. The molecule has 0 radical (unpaired) electrons. The fraction of sp³-hybridized carbons (Fsp3) is 0.294. The second-order valence-electron chi connectivity index (χ2n) is 5.61. The van der Waals surface area contributed by atoms with Crippen molar-refractivity contribution in [1.82, 2.24) is 14.9 Å². The van der Waals surface area contributed by atoms with Crippen molar-refractivity contribution < 1.29 is 4.79 Å². The molecule has 23 heavy (non-hydrogen) atoms. The van der Waals surface area contributed by atoms with E-state index in [1.54, 1.807) is 29.6 Å². The van der Waals surface area contributed by atoms with Gasteiger partial charge >= 0.3 is 0 Å². The van der Waals surface area contributed by atoms with E-state index in [0.717, 1.165) is 11.3 Å². The van der Waals surface area contributed by atoms with Crippen molar-refractivity contribution in [2.75, 3.05) is 18.9 Å². The van der Waals surface area contributed by atoms with Crippen molar-refractivity contribution in [3.63, 3.8) is 0 Å². The molecule has 1 N–H and O–H groups in total. The van der Waals surface area contributed by atoms with Crippen LogP contribution in [0.25, 0.3) is 0 Å². The van der Waals surface area contributed by atoms with Crippen LogP contribution in [0.5, 0.6) is 0 Å². The first-order valence-electron chi connectivity index (χ1n) is 7.44. The quantitative estimate of drug-likeness (QED) is 0.934. The van der Waals surface area contributed by atoms with Gasteiger partial charge in [-0.3, -0.25) is 14.8 Å². The molecule has 3 heterocycles. The van der Waals surface area contributed by atoms with Gasteiger partial charge in [-0.2, -0.15) is 5.26 Å². The molecule has 1 saturated heterocycles. The first-order chi connectivity index (χ1) is 11.2. The lowest BCUT2D eigenvalue weighted by Gasteiger charge is -2.25. The minimum absolute atomic E-state index is 0.00364. The van der Waals surface area contributed by atoms with Gasteiger partial charge in [-0.15, -0.1) is 0 Å². The highest BCUT2D eigenvalue weighted by Crippen LogP contribution is 2.36. The Hall–Kier alpha value is -2.94. The Morgan fingerprint density at radius 1 is 1.35 bits per heavy atom. The Labute approximate surface area is 134 Å². The summed E-state index contributed by atoms with van der Waals surface area (Å²) in [5, 5.41) is 12.4. The largest absolute Gasteiger partial charge is 0.383 e. The monoisotopic (exact) mass is 307 g/mol. The van der Waals surface area contributed by atoms with E-state index in [2.05, 4.69) is 21.4 Å². The maximum Gasteiger partial charge on any atom is 0.223 e. The van der Waals surface area contributed by atoms with Crippen LogP contribution in [-0.2, 0) is 4.79 Å². The highest BCUT2D eigenvalue weighted by atomic mass is 16.2. The van der Waals surface area contributed by atoms with Crippen molar-refractivity contribution in [3.05, 3.63) is 54.1 Å². The van der Waals surface area contributed by atoms with E-state index >= 15 is 0 Å². The third-order valence-electron chi connectivity index (χ3n) is 4.22. The number of hydrogen-bond donors (Lipinski definition) is 1. The minimum atomic E-state index is -0.00364. The van der Waals surface area contributed by atoms with Crippen LogP contribution in [0.1, 0.15) is 23.6 Å². The molecule has 3 rings (SSSR count). The molecule has 1 fully saturated rings. The molecule has 0 bridgehead atoms. The minimum Gasteiger partial charge on any atom is -0.383 e. The molecule has 1 aliphatic heterocycles. The lowest BCUT2D eigenvalue weighted by molar-refractivity contribution is -0.127. The zero-order chi connectivity index (χ0) is 16.2. The Morgan fingerprint density at radius 2 is 2.17 bits per heavy atom. The number of nitrogens with zero attached hydrogens (tertiary/aromatic N) is 4. The number of rotatable bonds is 4. The number of carbonyl (C=O) groups excluding carboxylic acids is 1. The van der Waals surface area contributed by atoms with Gasteiger partial charge in [0.1, 0.15) is 6.07 Å². The summed E-state index contributed by atoms with van der Waals surface area (Å²) in [6.45, 7) is 0.605. The molecule has 6 nitrogen and oxygen atoms in total. The van der Waals surface area contributed by atoms with Crippen molar-refractivity contribution >= 4 is 11.6 Å². The molecule has 0 aromatic carbocycles. The molecule has 6 heteroatoms. The van der Waals surface area contributed by atoms with Crippen LogP contribution in [0.4, 0.5) is 5.69 Å². The van der Waals surface area contributed by atoms with Crippen molar-refractivity contribution in [2.45, 2.75) is 12.5 Å². The van der Waals surface area contributed by atoms with Crippen molar-refractivity contribution in [1.29, 1.82) is 5.26 Å². The first-order valence-corrected chi connectivity index (χ1v) is 7.44. The van der Waals surface area contributed by atoms with Gasteiger partial charge < -0.3 is 10.2 Å². The van der Waals surface area contributed by atoms with Gasteiger partial charge in [0.25, 0.3) is 0 Å². The van der Waals surface area contributed by atoms with E-state index in [-0.39, 0.29) is 17.9 Å². The number of hydrogen-bond acceptors (Lipinski definition) is 5. The number of nitrogens with one attached hydrogen (secondary N) is 1. The van der Waals surface area contributed by atoms with Gasteiger partial charge in [-0.05, 0) is 17.7 Å². The summed E-state index contributed by atoms with van der Waals surface area (Å²) in [6, 6.07) is 7.77. The molecule has 2 aromatic heterocycles. The fourth-order valence-corrected chi connectivity index (χ4v) is 3.06. The van der Waals surface area contributed by atoms with E-state index in [0.29, 0.717) is 18.5 Å². The smallest absolute Gasteiger partial charge is 0.223 e. The van der Waals surface area contributed by atoms with E-state index < -0.39 is 0 Å². The molecule has 0 saturated carbocycles. The Balaban J connectivity index is 1.78. The van der Waals surface area contributed by atoms with E-state index in [1.165, 1.54) is 6.20 Å². The average Bonchev–Trinajstić information content (AvgIpc) is 2.88. The molecule has 1 aliphatic rings. The lowest BCUT2D eigenvalue weighted by atomic mass is 9.94. The maximum atomic E-state index is 12.1. The van der Waals surface area contributed by atoms with Crippen LogP contribution in [0.15, 0.2) is 43.0 Å². The fourth-order valence-electron chi connectivity index (χ4n) is 3.06. The summed E-state index contributed by atoms with van der Waals surface area (Å²) in [7, 11) is 1.83. The van der Waals surface area contributed by atoms with Crippen molar-refractivity contribution in [2.24, 2.45) is 5.92 Å². The summed E-state index contributed by atoms with van der Waals surface area (Å²) >= 11 is 0. The van der Waals surface area contributed by atoms with Gasteiger partial charge in [0.15, 0.2) is 0 Å². The second kappa shape index (κ2) is 6.44. The number of pyridine rings is 2. The van der Waals surface area contributed by atoms with Crippen LogP contribution in [0.3, 0.4) is 0 Å². The molecule has 2 atom stereocenters. The highest BCUT2D eigenvalue weighted by Gasteiger charge is 2.38. The Morgan fingerprint density at radius 3 is 2.91 bits per heavy atom. The molecule has 2 aromatic rings. The summed E-state index contributed by atoms with van der Waals surface area (Å²) in [6.07, 6.45) is 7.19. The van der Waals surface area contributed by atoms with Gasteiger partial charge in [-0.25, -0.2) is 0 Å². The summed E-state index contributed by atoms with van der Waals surface area (Å²) in [4.78, 5) is 22.0. The predicted octanol–water partition coefficient (Wildman–Crippen LogP) is 1.98. The number of amides is 1. The molecular weight excluding hydrogens is 290 g/mol. The third kappa shape index (κ3) is 2.99. The zero-order valence-electron chi connectivity index (χ0n) is 12.8. The standard InChI is InChI=1S/C17H17N5O/c1-22-16(23)7-13(17(22)12-3-2-5-19-9-12)11-21-15-4-6-20-10-14(15)8-18/h2-6,9-10,13,17H,7,11H2,1H3,(H,20,21)/t13-,17-/m0/s1. The Kier molecular flexibility index (Phi) is 4.20. The van der Waals surface area contributed by atoms with Gasteiger partial charge in [0, 0.05) is 50.7 Å². The van der Waals surface area contributed by atoms with E-state index in [9.17, 15) is 4.79 Å². The van der Waals surface area contributed by atoms with Gasteiger partial charge in [-0.1, -0.05) is 6.07 Å². The summed E-state index contributed by atoms with van der Waals surface area (Å²) in [5.74, 6) is 0.247. The Bertz CT molecular complexity index is 740. The molecule has 0 aliphatic carbocycles. The number of anilines is 1. The third-order valence-corrected chi connectivity index (χ3v) is 4.22. The van der Waals surface area contributed by atoms with Crippen molar-refractivity contribution in [3.8, 4) is 6.07 Å². The first kappa shape index (κ1) is 15.0. The number of aromatic nitrogens is 2. The van der Waals surface area contributed by atoms with Crippen LogP contribution < -0.4 is 5.32 Å².